The number of carbonyl (C=O) groups excluding carboxylic acids is 3. The Morgan fingerprint density at radius 3 is 2.30 bits per heavy atom. The molecule has 9 heteroatoms. The van der Waals surface area contributed by atoms with Crippen molar-refractivity contribution >= 4 is 29.2 Å². The SMILES string of the molecule is CC(=O)C1CCC2C3CCC4=C(SCCC(=O)NCCCOCCOCCOCCCN)C(=O)CCC4(C)C3CCC12C. The number of hydrogen-bond donors (Lipinski definition) is 2. The fraction of sp³-hybridized carbons (Fsp3) is 0.853. The smallest absolute Gasteiger partial charge is 0.220 e. The number of carbonyl (C=O) groups is 3. The molecule has 6 unspecified atom stereocenters. The second kappa shape index (κ2) is 16.3. The maximum atomic E-state index is 13.1. The number of Topliss-reactive ketones (excluding diaryl/α,β-unsaturated/α-hetero) is 2. The van der Waals surface area contributed by atoms with Crippen molar-refractivity contribution < 1.29 is 28.6 Å². The average molecular weight is 621 g/mol. The first-order valence-corrected chi connectivity index (χ1v) is 17.8. The average Bonchev–Trinajstić information content (AvgIpc) is 3.34. The molecule has 0 saturated heterocycles. The first kappa shape index (κ1) is 34.6. The Labute approximate surface area is 263 Å². The number of rotatable bonds is 18. The van der Waals surface area contributed by atoms with Crippen LogP contribution in [0.3, 0.4) is 0 Å². The van der Waals surface area contributed by atoms with E-state index in [1.54, 1.807) is 18.7 Å². The van der Waals surface area contributed by atoms with E-state index in [4.69, 9.17) is 19.9 Å². The van der Waals surface area contributed by atoms with Crippen LogP contribution in [0.25, 0.3) is 0 Å². The van der Waals surface area contributed by atoms with E-state index in [-0.39, 0.29) is 28.4 Å². The van der Waals surface area contributed by atoms with Crippen molar-refractivity contribution in [2.24, 2.45) is 40.2 Å². The zero-order valence-corrected chi connectivity index (χ0v) is 27.7. The summed E-state index contributed by atoms with van der Waals surface area (Å²) in [5.74, 6) is 3.42. The summed E-state index contributed by atoms with van der Waals surface area (Å²) in [7, 11) is 0. The third kappa shape index (κ3) is 8.32. The lowest BCUT2D eigenvalue weighted by molar-refractivity contribution is -0.128. The number of ether oxygens (including phenoxy) is 3. The van der Waals surface area contributed by atoms with Crippen molar-refractivity contribution in [3.05, 3.63) is 10.5 Å². The molecule has 0 aromatic heterocycles. The molecule has 43 heavy (non-hydrogen) atoms. The van der Waals surface area contributed by atoms with Crippen LogP contribution in [0.4, 0.5) is 0 Å². The van der Waals surface area contributed by atoms with Crippen molar-refractivity contribution in [3.63, 3.8) is 0 Å². The van der Waals surface area contributed by atoms with E-state index in [9.17, 15) is 14.4 Å². The van der Waals surface area contributed by atoms with Crippen molar-refractivity contribution in [1.82, 2.24) is 5.32 Å². The molecule has 3 N–H and O–H groups in total. The van der Waals surface area contributed by atoms with Crippen LogP contribution >= 0.6 is 11.8 Å². The predicted molar refractivity (Wildman–Crippen MR) is 171 cm³/mol. The molecule has 0 bridgehead atoms. The lowest BCUT2D eigenvalue weighted by Gasteiger charge is -2.58. The van der Waals surface area contributed by atoms with Crippen LogP contribution in [-0.2, 0) is 28.6 Å². The lowest BCUT2D eigenvalue weighted by atomic mass is 9.46. The van der Waals surface area contributed by atoms with Gasteiger partial charge in [0.05, 0.1) is 31.3 Å². The van der Waals surface area contributed by atoms with E-state index in [0.29, 0.717) is 94.9 Å². The minimum Gasteiger partial charge on any atom is -0.379 e. The van der Waals surface area contributed by atoms with Gasteiger partial charge in [-0.05, 0) is 105 Å². The fourth-order valence-electron chi connectivity index (χ4n) is 8.96. The summed E-state index contributed by atoms with van der Waals surface area (Å²) in [5.41, 5.74) is 7.02. The van der Waals surface area contributed by atoms with E-state index >= 15 is 0 Å². The van der Waals surface area contributed by atoms with Gasteiger partial charge in [-0.2, -0.15) is 0 Å². The van der Waals surface area contributed by atoms with Gasteiger partial charge in [-0.3, -0.25) is 14.4 Å². The predicted octanol–water partition coefficient (Wildman–Crippen LogP) is 5.08. The van der Waals surface area contributed by atoms with E-state index in [1.165, 1.54) is 12.0 Å². The molecular weight excluding hydrogens is 564 g/mol. The first-order chi connectivity index (χ1) is 20.7. The van der Waals surface area contributed by atoms with Gasteiger partial charge < -0.3 is 25.3 Å². The standard InChI is InChI=1S/C34H56N2O6S/c1-24(37)26-8-9-27-25-6-7-29-32(30(38)11-14-34(29,3)28(25)10-13-33(26,27)2)43-23-12-31(39)36-16-5-18-41-20-22-42-21-19-40-17-4-15-35/h25-28H,4-23,35H2,1-3H3,(H,36,39). The molecular formula is C34H56N2O6S. The topological polar surface area (TPSA) is 117 Å². The number of hydrogen-bond acceptors (Lipinski definition) is 8. The molecule has 0 aromatic rings. The van der Waals surface area contributed by atoms with E-state index in [1.807, 2.05) is 0 Å². The largest absolute Gasteiger partial charge is 0.379 e. The van der Waals surface area contributed by atoms with Crippen molar-refractivity contribution in [1.29, 1.82) is 0 Å². The van der Waals surface area contributed by atoms with Crippen LogP contribution in [0, 0.1) is 34.5 Å². The highest BCUT2D eigenvalue weighted by Crippen LogP contribution is 2.67. The zero-order chi connectivity index (χ0) is 30.9. The normalized spacial score (nSPS) is 31.9. The van der Waals surface area contributed by atoms with Gasteiger partial charge in [-0.15, -0.1) is 11.8 Å². The maximum absolute atomic E-state index is 13.1. The molecule has 4 rings (SSSR count). The Balaban J connectivity index is 1.16. The number of amides is 1. The quantitative estimate of drug-likeness (QED) is 0.204. The molecule has 3 fully saturated rings. The fourth-order valence-corrected chi connectivity index (χ4v) is 10.2. The van der Waals surface area contributed by atoms with E-state index in [2.05, 4.69) is 19.2 Å². The van der Waals surface area contributed by atoms with E-state index < -0.39 is 0 Å². The molecule has 1 amide bonds. The second-order valence-corrected chi connectivity index (χ2v) is 14.7. The monoisotopic (exact) mass is 620 g/mol. The Morgan fingerprint density at radius 2 is 1.60 bits per heavy atom. The molecule has 0 heterocycles. The summed E-state index contributed by atoms with van der Waals surface area (Å²) in [4.78, 5) is 39.0. The van der Waals surface area contributed by atoms with Gasteiger partial charge in [0.2, 0.25) is 5.91 Å². The highest BCUT2D eigenvalue weighted by molar-refractivity contribution is 8.04. The van der Waals surface area contributed by atoms with Crippen LogP contribution in [0.15, 0.2) is 10.5 Å². The third-order valence-electron chi connectivity index (χ3n) is 11.2. The summed E-state index contributed by atoms with van der Waals surface area (Å²) >= 11 is 1.61. The summed E-state index contributed by atoms with van der Waals surface area (Å²) in [6, 6.07) is 0. The van der Waals surface area contributed by atoms with Crippen molar-refractivity contribution in [2.75, 3.05) is 58.5 Å². The Bertz CT molecular complexity index is 1000. The van der Waals surface area contributed by atoms with Crippen LogP contribution in [0.2, 0.25) is 0 Å². The number of nitrogens with one attached hydrogen (secondary N) is 1. The molecule has 0 spiro atoms. The van der Waals surface area contributed by atoms with Crippen LogP contribution < -0.4 is 11.1 Å². The molecule has 4 aliphatic rings. The summed E-state index contributed by atoms with van der Waals surface area (Å²) < 4.78 is 16.4. The number of allylic oxidation sites excluding steroid dienone is 1. The third-order valence-corrected chi connectivity index (χ3v) is 12.3. The van der Waals surface area contributed by atoms with Crippen molar-refractivity contribution in [3.8, 4) is 0 Å². The molecule has 4 aliphatic carbocycles. The number of nitrogens with two attached hydrogens (primary N) is 1. The van der Waals surface area contributed by atoms with Gasteiger partial charge in [0, 0.05) is 44.3 Å². The summed E-state index contributed by atoms with van der Waals surface area (Å²) in [6.45, 7) is 11.3. The molecule has 3 saturated carbocycles. The van der Waals surface area contributed by atoms with E-state index in [0.717, 1.165) is 56.3 Å². The van der Waals surface area contributed by atoms with Gasteiger partial charge >= 0.3 is 0 Å². The maximum Gasteiger partial charge on any atom is 0.220 e. The lowest BCUT2D eigenvalue weighted by Crippen LogP contribution is -2.51. The zero-order valence-electron chi connectivity index (χ0n) is 26.9. The highest BCUT2D eigenvalue weighted by atomic mass is 32.2. The molecule has 0 radical (unpaired) electrons. The highest BCUT2D eigenvalue weighted by Gasteiger charge is 2.60. The van der Waals surface area contributed by atoms with Gasteiger partial charge in [0.1, 0.15) is 5.78 Å². The van der Waals surface area contributed by atoms with Gasteiger partial charge in [-0.25, -0.2) is 0 Å². The van der Waals surface area contributed by atoms with Gasteiger partial charge in [0.25, 0.3) is 0 Å². The first-order valence-electron chi connectivity index (χ1n) is 16.8. The number of fused-ring (bicyclic) bond motifs is 5. The molecule has 0 aliphatic heterocycles. The van der Waals surface area contributed by atoms with Crippen LogP contribution in [-0.4, -0.2) is 76.0 Å². The Hall–Kier alpha value is -1.26. The number of ketones is 2. The van der Waals surface area contributed by atoms with Gasteiger partial charge in [0.15, 0.2) is 5.78 Å². The van der Waals surface area contributed by atoms with Crippen LogP contribution in [0.5, 0.6) is 0 Å². The molecule has 0 aromatic carbocycles. The molecule has 244 valence electrons. The summed E-state index contributed by atoms with van der Waals surface area (Å²) in [6.07, 6.45) is 10.2. The molecule has 6 atom stereocenters. The van der Waals surface area contributed by atoms with Gasteiger partial charge in [-0.1, -0.05) is 13.8 Å². The minimum absolute atomic E-state index is 0.0265. The van der Waals surface area contributed by atoms with Crippen LogP contribution in [0.1, 0.15) is 91.4 Å². The molecule has 8 nitrogen and oxygen atoms in total. The van der Waals surface area contributed by atoms with Crippen molar-refractivity contribution in [2.45, 2.75) is 91.4 Å². The number of thioether (sulfide) groups is 1. The minimum atomic E-state index is 0.0265. The second-order valence-electron chi connectivity index (χ2n) is 13.6. The Morgan fingerprint density at radius 1 is 0.907 bits per heavy atom. The Kier molecular flexibility index (Phi) is 13.2. The summed E-state index contributed by atoms with van der Waals surface area (Å²) in [5, 5.41) is 2.99.